The van der Waals surface area contributed by atoms with Crippen LogP contribution in [0.3, 0.4) is 0 Å². The molecule has 2 saturated carbocycles. The van der Waals surface area contributed by atoms with Crippen molar-refractivity contribution in [3.8, 4) is 33.7 Å². The number of halogens is 2. The molecule has 1 unspecified atom stereocenters. The molecule has 2 aromatic carbocycles. The maximum Gasteiger partial charge on any atom is 0.332 e. The van der Waals surface area contributed by atoms with Gasteiger partial charge in [-0.25, -0.2) is 9.18 Å². The van der Waals surface area contributed by atoms with Gasteiger partial charge in [-0.05, 0) is 68.5 Å². The molecule has 9 heteroatoms. The molecule has 3 fully saturated rings. The van der Waals surface area contributed by atoms with Gasteiger partial charge in [-0.15, -0.1) is 0 Å². The summed E-state index contributed by atoms with van der Waals surface area (Å²) in [4.78, 5) is 19.4. The van der Waals surface area contributed by atoms with Crippen molar-refractivity contribution in [3.05, 3.63) is 82.0 Å². The number of hydrogen-bond acceptors (Lipinski definition) is 5. The smallest absolute Gasteiger partial charge is 0.332 e. The van der Waals surface area contributed by atoms with Gasteiger partial charge in [-0.3, -0.25) is 9.55 Å². The quantitative estimate of drug-likeness (QED) is 0.330. The van der Waals surface area contributed by atoms with E-state index in [2.05, 4.69) is 4.90 Å². The summed E-state index contributed by atoms with van der Waals surface area (Å²) in [5.74, 6) is -0.198. The number of hydrogen-bond donors (Lipinski definition) is 2. The Morgan fingerprint density at radius 1 is 1.02 bits per heavy atom. The lowest BCUT2D eigenvalue weighted by Gasteiger charge is -2.24. The highest BCUT2D eigenvalue weighted by Gasteiger charge is 2.62. The van der Waals surface area contributed by atoms with Gasteiger partial charge in [0.2, 0.25) is 0 Å². The summed E-state index contributed by atoms with van der Waals surface area (Å²) in [5, 5.41) is 22.9. The van der Waals surface area contributed by atoms with Crippen LogP contribution in [0.5, 0.6) is 5.75 Å². The van der Waals surface area contributed by atoms with Crippen LogP contribution in [-0.2, 0) is 7.05 Å². The minimum absolute atomic E-state index is 0.0751. The minimum Gasteiger partial charge on any atom is -0.507 e. The van der Waals surface area contributed by atoms with E-state index in [4.69, 9.17) is 16.6 Å². The molecule has 2 aromatic heterocycles. The lowest BCUT2D eigenvalue weighted by molar-refractivity contribution is 0.0244. The number of benzene rings is 2. The van der Waals surface area contributed by atoms with Crippen LogP contribution < -0.4 is 10.6 Å². The Balaban J connectivity index is 1.29. The van der Waals surface area contributed by atoms with E-state index < -0.39 is 11.4 Å². The minimum atomic E-state index is -0.770. The number of nitrogens with zero attached hydrogens (tertiary/aromatic N) is 4. The third-order valence-electron chi connectivity index (χ3n) is 9.04. The second-order valence-corrected chi connectivity index (χ2v) is 12.3. The molecule has 0 radical (unpaired) electrons. The van der Waals surface area contributed by atoms with Gasteiger partial charge < -0.3 is 19.7 Å². The number of rotatable bonds is 5. The molecule has 7 rings (SSSR count). The number of anilines is 1. The first-order valence-corrected chi connectivity index (χ1v) is 14.0. The normalized spacial score (nSPS) is 21.4. The Kier molecular flexibility index (Phi) is 5.51. The number of imidazole rings is 1. The molecule has 2 aliphatic carbocycles. The fourth-order valence-corrected chi connectivity index (χ4v) is 6.51. The Hall–Kier alpha value is -3.62. The Morgan fingerprint density at radius 3 is 2.35 bits per heavy atom. The number of β-amino-alcohol motifs (C(OH)–C–C–N with tert-alkyl or cyclic N) is 1. The predicted octanol–water partition coefficient (Wildman–Crippen LogP) is 5.63. The van der Waals surface area contributed by atoms with E-state index in [0.717, 1.165) is 43.6 Å². The zero-order valence-electron chi connectivity index (χ0n) is 22.4. The van der Waals surface area contributed by atoms with Gasteiger partial charge in [-0.1, -0.05) is 17.7 Å². The summed E-state index contributed by atoms with van der Waals surface area (Å²) < 4.78 is 17.9. The number of aliphatic hydroxyl groups is 1. The topological polar surface area (TPSA) is 83.5 Å². The molecule has 1 spiro atoms. The van der Waals surface area contributed by atoms with E-state index in [-0.39, 0.29) is 22.4 Å². The first kappa shape index (κ1) is 25.4. The monoisotopic (exact) mass is 560 g/mol. The third kappa shape index (κ3) is 3.96. The molecule has 0 amide bonds. The van der Waals surface area contributed by atoms with Crippen molar-refractivity contribution in [3.63, 3.8) is 0 Å². The van der Waals surface area contributed by atoms with E-state index in [9.17, 15) is 15.0 Å². The summed E-state index contributed by atoms with van der Waals surface area (Å²) >= 11 is 6.56. The lowest BCUT2D eigenvalue weighted by atomic mass is 9.90. The zero-order chi connectivity index (χ0) is 28.0. The fourth-order valence-electron chi connectivity index (χ4n) is 6.24. The average molecular weight is 561 g/mol. The molecular weight excluding hydrogens is 531 g/mol. The van der Waals surface area contributed by atoms with Gasteiger partial charge in [0.05, 0.1) is 27.7 Å². The van der Waals surface area contributed by atoms with Crippen LogP contribution >= 0.6 is 11.6 Å². The molecular formula is C31H30ClFN4O3. The molecule has 7 nitrogen and oxygen atoms in total. The molecule has 3 heterocycles. The highest BCUT2D eigenvalue weighted by Crippen LogP contribution is 2.59. The van der Waals surface area contributed by atoms with Crippen molar-refractivity contribution in [2.45, 2.75) is 44.1 Å². The molecule has 1 aliphatic heterocycles. The summed E-state index contributed by atoms with van der Waals surface area (Å²) in [6.07, 6.45) is 9.15. The number of phenols is 1. The van der Waals surface area contributed by atoms with Crippen LogP contribution in [0.1, 0.15) is 44.2 Å². The van der Waals surface area contributed by atoms with E-state index >= 15 is 4.39 Å². The summed E-state index contributed by atoms with van der Waals surface area (Å²) in [7, 11) is 1.65. The van der Waals surface area contributed by atoms with Gasteiger partial charge in [0, 0.05) is 66.8 Å². The van der Waals surface area contributed by atoms with Crippen LogP contribution in [0.15, 0.2) is 59.8 Å². The predicted molar refractivity (Wildman–Crippen MR) is 153 cm³/mol. The number of aryl methyl sites for hydroxylation is 1. The lowest BCUT2D eigenvalue weighted by Crippen LogP contribution is -2.35. The molecule has 3 aliphatic rings. The standard InChI is InChI=1S/C31H30ClFN4O3/c1-30(40)16-36(17-31(30)7-8-31)26-12-20(15-34-27(26)18-3-4-18)23-14-21(33)13-22(28(23)38)19-5-6-25(24(32)11-19)37-10-9-35(2)29(37)39/h5-6,9-15,18,38,40H,3-4,7-8,16-17H2,1-2H3. The Morgan fingerprint density at radius 2 is 1.75 bits per heavy atom. The molecule has 1 saturated heterocycles. The van der Waals surface area contributed by atoms with Gasteiger partial charge in [0.25, 0.3) is 0 Å². The van der Waals surface area contributed by atoms with Gasteiger partial charge in [0.15, 0.2) is 0 Å². The number of aromatic nitrogens is 3. The van der Waals surface area contributed by atoms with Gasteiger partial charge in [-0.2, -0.15) is 0 Å². The SMILES string of the molecule is Cn1ccn(-c2ccc(-c3cc(F)cc(-c4cnc(C5CC5)c(N5CC(C)(O)C6(CC6)C5)c4)c3O)cc2Cl)c1=O. The Labute approximate surface area is 236 Å². The zero-order valence-corrected chi connectivity index (χ0v) is 23.1. The van der Waals surface area contributed by atoms with E-state index in [1.165, 1.54) is 21.3 Å². The van der Waals surface area contributed by atoms with Crippen LogP contribution in [0, 0.1) is 11.2 Å². The van der Waals surface area contributed by atoms with E-state index in [1.54, 1.807) is 43.8 Å². The van der Waals surface area contributed by atoms with Crippen molar-refractivity contribution >= 4 is 17.3 Å². The van der Waals surface area contributed by atoms with Crippen molar-refractivity contribution in [2.75, 3.05) is 18.0 Å². The van der Waals surface area contributed by atoms with Crippen molar-refractivity contribution in [1.82, 2.24) is 14.1 Å². The second kappa shape index (κ2) is 8.69. The molecule has 40 heavy (non-hydrogen) atoms. The summed E-state index contributed by atoms with van der Waals surface area (Å²) in [6.45, 7) is 3.21. The molecule has 206 valence electrons. The van der Waals surface area contributed by atoms with Crippen LogP contribution in [0.25, 0.3) is 27.9 Å². The fraction of sp³-hybridized carbons (Fsp3) is 0.355. The molecule has 2 N–H and O–H groups in total. The van der Waals surface area contributed by atoms with Crippen LogP contribution in [-0.4, -0.2) is 43.0 Å². The first-order valence-electron chi connectivity index (χ1n) is 13.6. The third-order valence-corrected chi connectivity index (χ3v) is 9.34. The molecule has 4 aromatic rings. The van der Waals surface area contributed by atoms with E-state index in [1.807, 2.05) is 13.0 Å². The molecule has 1 atom stereocenters. The second-order valence-electron chi connectivity index (χ2n) is 11.9. The Bertz CT molecular complexity index is 1730. The van der Waals surface area contributed by atoms with Gasteiger partial charge >= 0.3 is 5.69 Å². The summed E-state index contributed by atoms with van der Waals surface area (Å²) in [6, 6.07) is 9.59. The number of pyridine rings is 1. The largest absolute Gasteiger partial charge is 0.507 e. The highest BCUT2D eigenvalue weighted by atomic mass is 35.5. The highest BCUT2D eigenvalue weighted by molar-refractivity contribution is 6.32. The van der Waals surface area contributed by atoms with Gasteiger partial charge in [0.1, 0.15) is 11.6 Å². The van der Waals surface area contributed by atoms with Crippen molar-refractivity contribution in [2.24, 2.45) is 12.5 Å². The first-order chi connectivity index (χ1) is 19.1. The number of phenolic OH excluding ortho intramolecular Hbond substituents is 1. The van der Waals surface area contributed by atoms with Crippen molar-refractivity contribution < 1.29 is 14.6 Å². The van der Waals surface area contributed by atoms with Crippen molar-refractivity contribution in [1.29, 1.82) is 0 Å². The molecule has 0 bridgehead atoms. The van der Waals surface area contributed by atoms with Crippen LogP contribution in [0.2, 0.25) is 5.02 Å². The maximum atomic E-state index is 15.1. The maximum absolute atomic E-state index is 15.1. The number of aromatic hydroxyl groups is 1. The van der Waals surface area contributed by atoms with Crippen LogP contribution in [0.4, 0.5) is 10.1 Å². The summed E-state index contributed by atoms with van der Waals surface area (Å²) in [5.41, 5.74) is 3.11. The average Bonchev–Trinajstić information content (AvgIpc) is 3.84. The van der Waals surface area contributed by atoms with E-state index in [0.29, 0.717) is 39.9 Å².